The molecule has 3 rings (SSSR count). The maximum Gasteiger partial charge on any atom is 0.311 e. The van der Waals surface area contributed by atoms with Gasteiger partial charge in [-0.1, -0.05) is 32.9 Å². The van der Waals surface area contributed by atoms with E-state index in [4.69, 9.17) is 38.0 Å². The molecule has 0 spiro atoms. The zero-order chi connectivity index (χ0) is 41.1. The maximum absolute atomic E-state index is 14.3. The molecule has 3 saturated heterocycles. The first-order chi connectivity index (χ1) is 25.0. The molecule has 3 heterocycles. The second-order valence-electron chi connectivity index (χ2n) is 16.9. The van der Waals surface area contributed by atoms with Gasteiger partial charge in [0.05, 0.1) is 53.4 Å². The molecule has 0 radical (unpaired) electrons. The smallest absolute Gasteiger partial charge is 0.311 e. The molecule has 0 bridgehead atoms. The van der Waals surface area contributed by atoms with E-state index in [1.165, 1.54) is 21.1 Å². The highest BCUT2D eigenvalue weighted by Crippen LogP contribution is 2.42. The molecular weight excluding hydrogens is 704 g/mol. The molecule has 2 unspecified atom stereocenters. The lowest BCUT2D eigenvalue weighted by Crippen LogP contribution is -2.61. The third-order valence-electron chi connectivity index (χ3n) is 12.5. The van der Waals surface area contributed by atoms with Crippen LogP contribution in [0.15, 0.2) is 5.16 Å². The van der Waals surface area contributed by atoms with Crippen molar-refractivity contribution in [3.05, 3.63) is 0 Å². The van der Waals surface area contributed by atoms with Crippen LogP contribution < -0.4 is 0 Å². The first-order valence-electron chi connectivity index (χ1n) is 19.5. The highest BCUT2D eigenvalue weighted by atomic mass is 16.7. The second kappa shape index (κ2) is 18.8. The Labute approximate surface area is 322 Å². The quantitative estimate of drug-likeness (QED) is 0.198. The molecule has 0 aromatic rings. The molecule has 3 fully saturated rings. The van der Waals surface area contributed by atoms with E-state index in [-0.39, 0.29) is 31.4 Å². The van der Waals surface area contributed by atoms with Crippen LogP contribution in [-0.2, 0) is 42.8 Å². The summed E-state index contributed by atoms with van der Waals surface area (Å²) in [5.41, 5.74) is -3.61. The zero-order valence-corrected chi connectivity index (χ0v) is 35.3. The van der Waals surface area contributed by atoms with E-state index < -0.39 is 102 Å². The van der Waals surface area contributed by atoms with Gasteiger partial charge < -0.3 is 63.3 Å². The lowest BCUT2D eigenvalue weighted by Gasteiger charge is -2.50. The number of carbonyl (C=O) groups is 1. The summed E-state index contributed by atoms with van der Waals surface area (Å²) < 4.78 is 44.4. The highest BCUT2D eigenvalue weighted by molar-refractivity contribution is 5.88. The largest absolute Gasteiger partial charge is 0.459 e. The van der Waals surface area contributed by atoms with Gasteiger partial charge in [-0.15, -0.1) is 0 Å². The van der Waals surface area contributed by atoms with Crippen molar-refractivity contribution in [3.63, 3.8) is 0 Å². The van der Waals surface area contributed by atoms with Gasteiger partial charge in [0.2, 0.25) is 0 Å². The van der Waals surface area contributed by atoms with Crippen molar-refractivity contribution in [1.82, 2.24) is 4.90 Å². The Bertz CT molecular complexity index is 1240. The standard InChI is InChI=1S/C39H72N2O13/c1-16-27-39(10,46)32(43)22(4)29(40-49-15)20(2)18-38(9,48-14)34(54-36-30(42)26(41(11)12)17-21(3)50-36)23(5)31(24(6)35(45)52-27)53-28-19-37(8,47-13)33(44)25(7)51-28/h20-28,30-34,36,42-44,46H,16-19H2,1-15H3/b40-29+/t20-,21-,22+,23+,24-,25+,26+,27?,28+,30-,31?,32-,33+,34-,36+,37-,38-,39-/m1/s1. The van der Waals surface area contributed by atoms with Crippen molar-refractivity contribution in [2.45, 2.75) is 179 Å². The molecule has 0 amide bonds. The molecule has 316 valence electrons. The van der Waals surface area contributed by atoms with E-state index in [9.17, 15) is 25.2 Å². The van der Waals surface area contributed by atoms with Gasteiger partial charge in [-0.25, -0.2) is 0 Å². The summed E-state index contributed by atoms with van der Waals surface area (Å²) in [5, 5.41) is 50.6. The number of carbonyl (C=O) groups excluding carboxylic acids is 1. The van der Waals surface area contributed by atoms with Crippen LogP contribution in [0.5, 0.6) is 0 Å². The monoisotopic (exact) mass is 777 g/mol. The number of rotatable bonds is 9. The van der Waals surface area contributed by atoms with Crippen LogP contribution in [-0.4, -0.2) is 157 Å². The SMILES string of the molecule is CCC1OC(=O)[C@H](C)C(O[C@H]2C[C@@](C)(OC)[C@@H](O)[C@H](C)O2)[C@H](C)[C@@H](O[C@@H]2O[C@H](C)C[C@H](N(C)C)[C@H]2O)[C@](C)(OC)C[C@@H](C)/C(=N\OC)[C@H](C)[C@@H](O)[C@]1(C)O. The van der Waals surface area contributed by atoms with Crippen LogP contribution in [0.2, 0.25) is 0 Å². The predicted octanol–water partition coefficient (Wildman–Crippen LogP) is 2.87. The summed E-state index contributed by atoms with van der Waals surface area (Å²) in [6.07, 6.45) is -8.10. The molecule has 0 aliphatic carbocycles. The molecule has 15 heteroatoms. The molecular formula is C39H72N2O13. The van der Waals surface area contributed by atoms with E-state index in [1.54, 1.807) is 41.7 Å². The number of aliphatic hydroxyl groups is 4. The number of hydrogen-bond donors (Lipinski definition) is 4. The van der Waals surface area contributed by atoms with Crippen molar-refractivity contribution >= 4 is 11.7 Å². The van der Waals surface area contributed by atoms with Crippen LogP contribution in [0.3, 0.4) is 0 Å². The Morgan fingerprint density at radius 1 is 0.870 bits per heavy atom. The average molecular weight is 777 g/mol. The van der Waals surface area contributed by atoms with E-state index in [0.29, 0.717) is 12.1 Å². The van der Waals surface area contributed by atoms with Crippen molar-refractivity contribution in [2.75, 3.05) is 35.4 Å². The predicted molar refractivity (Wildman–Crippen MR) is 200 cm³/mol. The first-order valence-corrected chi connectivity index (χ1v) is 19.5. The lowest BCUT2D eigenvalue weighted by atomic mass is 9.73. The third kappa shape index (κ3) is 9.95. The van der Waals surface area contributed by atoms with Crippen molar-refractivity contribution in [1.29, 1.82) is 0 Å². The number of cyclic esters (lactones) is 1. The Kier molecular flexibility index (Phi) is 16.4. The Morgan fingerprint density at radius 2 is 1.48 bits per heavy atom. The number of oxime groups is 1. The topological polar surface area (TPSA) is 187 Å². The van der Waals surface area contributed by atoms with Crippen molar-refractivity contribution in [3.8, 4) is 0 Å². The second-order valence-corrected chi connectivity index (χ2v) is 16.9. The summed E-state index contributed by atoms with van der Waals surface area (Å²) in [5.74, 6) is -3.49. The molecule has 54 heavy (non-hydrogen) atoms. The summed E-state index contributed by atoms with van der Waals surface area (Å²) in [6.45, 7) is 17.8. The minimum atomic E-state index is -1.88. The van der Waals surface area contributed by atoms with Crippen LogP contribution in [0, 0.1) is 23.7 Å². The van der Waals surface area contributed by atoms with E-state index >= 15 is 0 Å². The molecule has 0 aromatic carbocycles. The summed E-state index contributed by atoms with van der Waals surface area (Å²) >= 11 is 0. The van der Waals surface area contributed by atoms with Crippen molar-refractivity contribution < 1.29 is 63.2 Å². The Hall–Kier alpha value is -1.50. The average Bonchev–Trinajstić information content (AvgIpc) is 3.11. The minimum Gasteiger partial charge on any atom is -0.459 e. The third-order valence-corrected chi connectivity index (χ3v) is 12.5. The van der Waals surface area contributed by atoms with Crippen LogP contribution in [0.25, 0.3) is 0 Å². The Morgan fingerprint density at radius 3 is 2.02 bits per heavy atom. The first kappa shape index (κ1) is 46.9. The van der Waals surface area contributed by atoms with Gasteiger partial charge in [-0.2, -0.15) is 0 Å². The van der Waals surface area contributed by atoms with E-state index in [2.05, 4.69) is 5.16 Å². The zero-order valence-electron chi connectivity index (χ0n) is 35.3. The van der Waals surface area contributed by atoms with Crippen LogP contribution >= 0.6 is 0 Å². The molecule has 0 saturated carbocycles. The number of esters is 1. The molecule has 18 atom stereocenters. The fourth-order valence-corrected chi connectivity index (χ4v) is 8.87. The normalized spacial score (nSPS) is 48.3. The van der Waals surface area contributed by atoms with Gasteiger partial charge >= 0.3 is 5.97 Å². The fourth-order valence-electron chi connectivity index (χ4n) is 8.87. The number of nitrogens with zero attached hydrogens (tertiary/aromatic N) is 2. The highest BCUT2D eigenvalue weighted by Gasteiger charge is 2.54. The number of methoxy groups -OCH3 is 2. The molecule has 0 aromatic heterocycles. The molecule has 15 nitrogen and oxygen atoms in total. The summed E-state index contributed by atoms with van der Waals surface area (Å²) in [4.78, 5) is 21.5. The van der Waals surface area contributed by atoms with E-state index in [1.807, 2.05) is 46.7 Å². The summed E-state index contributed by atoms with van der Waals surface area (Å²) in [7, 11) is 8.29. The molecule has 3 aliphatic rings. The maximum atomic E-state index is 14.3. The number of aliphatic hydroxyl groups excluding tert-OH is 3. The lowest BCUT2D eigenvalue weighted by molar-refractivity contribution is -0.319. The van der Waals surface area contributed by atoms with Gasteiger partial charge in [0.25, 0.3) is 0 Å². The Balaban J connectivity index is 2.27. The summed E-state index contributed by atoms with van der Waals surface area (Å²) in [6, 6.07) is -0.266. The number of ether oxygens (including phenoxy) is 7. The van der Waals surface area contributed by atoms with Gasteiger partial charge in [-0.05, 0) is 74.9 Å². The molecule has 3 aliphatic heterocycles. The number of likely N-dealkylation sites (N-methyl/N-ethyl adjacent to an activating group) is 1. The fraction of sp³-hybridized carbons (Fsp3) is 0.949. The van der Waals surface area contributed by atoms with Gasteiger partial charge in [-0.3, -0.25) is 4.79 Å². The van der Waals surface area contributed by atoms with Crippen LogP contribution in [0.4, 0.5) is 0 Å². The van der Waals surface area contributed by atoms with Gasteiger partial charge in [0.1, 0.15) is 31.0 Å². The molecule has 4 N–H and O–H groups in total. The minimum absolute atomic E-state index is 0.143. The van der Waals surface area contributed by atoms with Crippen molar-refractivity contribution in [2.24, 2.45) is 28.8 Å². The van der Waals surface area contributed by atoms with E-state index in [0.717, 1.165) is 0 Å². The van der Waals surface area contributed by atoms with Gasteiger partial charge in [0, 0.05) is 44.4 Å². The van der Waals surface area contributed by atoms with Crippen LogP contribution in [0.1, 0.15) is 94.9 Å². The van der Waals surface area contributed by atoms with Gasteiger partial charge in [0.15, 0.2) is 12.6 Å². The number of hydrogen-bond acceptors (Lipinski definition) is 15.